The maximum absolute atomic E-state index is 11.9. The molecule has 0 unspecified atom stereocenters. The van der Waals surface area contributed by atoms with Gasteiger partial charge in [-0.1, -0.05) is 18.2 Å². The molecular weight excluding hydrogens is 294 g/mol. The Morgan fingerprint density at radius 1 is 1.22 bits per heavy atom. The zero-order chi connectivity index (χ0) is 16.1. The number of amides is 1. The van der Waals surface area contributed by atoms with Gasteiger partial charge in [0.25, 0.3) is 0 Å². The van der Waals surface area contributed by atoms with E-state index in [-0.39, 0.29) is 12.7 Å². The number of fused-ring (bicyclic) bond motifs is 1. The van der Waals surface area contributed by atoms with Gasteiger partial charge >= 0.3 is 0 Å². The van der Waals surface area contributed by atoms with Crippen LogP contribution >= 0.6 is 0 Å². The highest BCUT2D eigenvalue weighted by atomic mass is 16.7. The maximum Gasteiger partial charge on any atom is 0.244 e. The van der Waals surface area contributed by atoms with E-state index in [4.69, 9.17) is 14.2 Å². The Morgan fingerprint density at radius 2 is 2.09 bits per heavy atom. The summed E-state index contributed by atoms with van der Waals surface area (Å²) in [7, 11) is 1.61. The first kappa shape index (κ1) is 15.0. The van der Waals surface area contributed by atoms with Gasteiger partial charge < -0.3 is 19.5 Å². The quantitative estimate of drug-likeness (QED) is 0.863. The first-order valence-corrected chi connectivity index (χ1v) is 7.23. The van der Waals surface area contributed by atoms with Crippen molar-refractivity contribution >= 4 is 12.0 Å². The predicted molar refractivity (Wildman–Crippen MR) is 86.4 cm³/mol. The third kappa shape index (κ3) is 3.83. The van der Waals surface area contributed by atoms with Crippen LogP contribution in [0.15, 0.2) is 48.5 Å². The van der Waals surface area contributed by atoms with E-state index < -0.39 is 0 Å². The fraction of sp³-hybridized carbons (Fsp3) is 0.167. The number of nitrogens with one attached hydrogen (secondary N) is 1. The summed E-state index contributed by atoms with van der Waals surface area (Å²) < 4.78 is 15.7. The van der Waals surface area contributed by atoms with Crippen LogP contribution in [-0.4, -0.2) is 19.8 Å². The number of hydrogen-bond donors (Lipinski definition) is 1. The zero-order valence-corrected chi connectivity index (χ0v) is 12.7. The highest BCUT2D eigenvalue weighted by Gasteiger charge is 2.13. The van der Waals surface area contributed by atoms with Crippen LogP contribution in [-0.2, 0) is 11.3 Å². The van der Waals surface area contributed by atoms with Crippen molar-refractivity contribution in [1.29, 1.82) is 0 Å². The first-order chi connectivity index (χ1) is 11.2. The Hall–Kier alpha value is -2.95. The first-order valence-electron chi connectivity index (χ1n) is 7.23. The van der Waals surface area contributed by atoms with Crippen LogP contribution < -0.4 is 19.5 Å². The third-order valence-corrected chi connectivity index (χ3v) is 3.42. The Balaban J connectivity index is 1.56. The molecule has 1 heterocycles. The Kier molecular flexibility index (Phi) is 4.47. The second-order valence-electron chi connectivity index (χ2n) is 5.02. The van der Waals surface area contributed by atoms with Gasteiger partial charge in [-0.15, -0.1) is 0 Å². The standard InChI is InChI=1S/C18H17NO4/c1-21-15-4-2-3-13(9-15)6-8-18(20)19-11-14-5-7-16-17(10-14)23-12-22-16/h2-10H,11-12H2,1H3,(H,19,20)/b8-6+. The Bertz CT molecular complexity index is 740. The van der Waals surface area contributed by atoms with E-state index in [1.165, 1.54) is 6.08 Å². The molecule has 0 atom stereocenters. The smallest absolute Gasteiger partial charge is 0.244 e. The molecule has 0 saturated heterocycles. The molecule has 0 bridgehead atoms. The normalized spacial score (nSPS) is 12.4. The van der Waals surface area contributed by atoms with Crippen LogP contribution in [0.25, 0.3) is 6.08 Å². The summed E-state index contributed by atoms with van der Waals surface area (Å²) >= 11 is 0. The minimum Gasteiger partial charge on any atom is -0.497 e. The zero-order valence-electron chi connectivity index (χ0n) is 12.7. The lowest BCUT2D eigenvalue weighted by Gasteiger charge is -2.04. The molecule has 1 amide bonds. The summed E-state index contributed by atoms with van der Waals surface area (Å²) in [5, 5.41) is 2.84. The van der Waals surface area contributed by atoms with Crippen LogP contribution in [0.5, 0.6) is 17.2 Å². The maximum atomic E-state index is 11.9. The van der Waals surface area contributed by atoms with Crippen LogP contribution in [0.1, 0.15) is 11.1 Å². The van der Waals surface area contributed by atoms with Crippen molar-refractivity contribution in [2.24, 2.45) is 0 Å². The summed E-state index contributed by atoms with van der Waals surface area (Å²) in [6.07, 6.45) is 3.25. The highest BCUT2D eigenvalue weighted by molar-refractivity contribution is 5.91. The van der Waals surface area contributed by atoms with Gasteiger partial charge in [0.1, 0.15) is 5.75 Å². The Labute approximate surface area is 134 Å². The van der Waals surface area contributed by atoms with Crippen LogP contribution in [0.4, 0.5) is 0 Å². The van der Waals surface area contributed by atoms with Crippen molar-refractivity contribution in [1.82, 2.24) is 5.32 Å². The van der Waals surface area contributed by atoms with E-state index in [2.05, 4.69) is 5.32 Å². The van der Waals surface area contributed by atoms with Crippen LogP contribution in [0, 0.1) is 0 Å². The van der Waals surface area contributed by atoms with E-state index in [0.29, 0.717) is 12.3 Å². The molecule has 0 radical (unpaired) electrons. The van der Waals surface area contributed by atoms with Gasteiger partial charge in [-0.25, -0.2) is 0 Å². The number of rotatable bonds is 5. The van der Waals surface area contributed by atoms with Gasteiger partial charge in [0.05, 0.1) is 7.11 Å². The largest absolute Gasteiger partial charge is 0.497 e. The third-order valence-electron chi connectivity index (χ3n) is 3.42. The van der Waals surface area contributed by atoms with Crippen molar-refractivity contribution in [2.75, 3.05) is 13.9 Å². The van der Waals surface area contributed by atoms with Gasteiger partial charge in [0.2, 0.25) is 12.7 Å². The van der Waals surface area contributed by atoms with Gasteiger partial charge in [0, 0.05) is 12.6 Å². The van der Waals surface area contributed by atoms with E-state index in [0.717, 1.165) is 22.6 Å². The molecule has 0 fully saturated rings. The number of carbonyl (C=O) groups excluding carboxylic acids is 1. The summed E-state index contributed by atoms with van der Waals surface area (Å²) in [5.74, 6) is 2.04. The van der Waals surface area contributed by atoms with Crippen molar-refractivity contribution in [2.45, 2.75) is 6.54 Å². The fourth-order valence-corrected chi connectivity index (χ4v) is 2.22. The molecule has 118 valence electrons. The lowest BCUT2D eigenvalue weighted by atomic mass is 10.2. The summed E-state index contributed by atoms with van der Waals surface area (Å²) in [4.78, 5) is 11.9. The molecule has 2 aromatic rings. The monoisotopic (exact) mass is 311 g/mol. The molecule has 2 aromatic carbocycles. The lowest BCUT2D eigenvalue weighted by Crippen LogP contribution is -2.20. The molecule has 1 N–H and O–H groups in total. The molecule has 3 rings (SSSR count). The molecule has 1 aliphatic heterocycles. The highest BCUT2D eigenvalue weighted by Crippen LogP contribution is 2.32. The van der Waals surface area contributed by atoms with Gasteiger partial charge in [-0.05, 0) is 41.5 Å². The average molecular weight is 311 g/mol. The van der Waals surface area contributed by atoms with Crippen molar-refractivity contribution in [3.05, 3.63) is 59.7 Å². The number of methoxy groups -OCH3 is 1. The fourth-order valence-electron chi connectivity index (χ4n) is 2.22. The second-order valence-corrected chi connectivity index (χ2v) is 5.02. The number of ether oxygens (including phenoxy) is 3. The number of carbonyl (C=O) groups is 1. The second kappa shape index (κ2) is 6.87. The van der Waals surface area contributed by atoms with Crippen molar-refractivity contribution in [3.8, 4) is 17.2 Å². The lowest BCUT2D eigenvalue weighted by molar-refractivity contribution is -0.116. The van der Waals surface area contributed by atoms with Crippen molar-refractivity contribution in [3.63, 3.8) is 0 Å². The van der Waals surface area contributed by atoms with Crippen molar-refractivity contribution < 1.29 is 19.0 Å². The van der Waals surface area contributed by atoms with Gasteiger partial charge in [0.15, 0.2) is 11.5 Å². The molecule has 23 heavy (non-hydrogen) atoms. The molecule has 0 spiro atoms. The molecule has 0 saturated carbocycles. The molecular formula is C18H17NO4. The van der Waals surface area contributed by atoms with Gasteiger partial charge in [-0.3, -0.25) is 4.79 Å². The minimum atomic E-state index is -0.162. The van der Waals surface area contributed by atoms with E-state index >= 15 is 0 Å². The summed E-state index contributed by atoms with van der Waals surface area (Å²) in [6, 6.07) is 13.1. The minimum absolute atomic E-state index is 0.162. The molecule has 5 nitrogen and oxygen atoms in total. The van der Waals surface area contributed by atoms with Gasteiger partial charge in [-0.2, -0.15) is 0 Å². The van der Waals surface area contributed by atoms with E-state index in [1.807, 2.05) is 42.5 Å². The number of benzene rings is 2. The number of hydrogen-bond acceptors (Lipinski definition) is 4. The van der Waals surface area contributed by atoms with Crippen LogP contribution in [0.3, 0.4) is 0 Å². The summed E-state index contributed by atoms with van der Waals surface area (Å²) in [5.41, 5.74) is 1.86. The summed E-state index contributed by atoms with van der Waals surface area (Å²) in [6.45, 7) is 0.673. The molecule has 0 aliphatic carbocycles. The topological polar surface area (TPSA) is 56.8 Å². The van der Waals surface area contributed by atoms with Crippen LogP contribution in [0.2, 0.25) is 0 Å². The Morgan fingerprint density at radius 3 is 2.96 bits per heavy atom. The molecule has 1 aliphatic rings. The van der Waals surface area contributed by atoms with E-state index in [9.17, 15) is 4.79 Å². The SMILES string of the molecule is COc1cccc(/C=C/C(=O)NCc2ccc3c(c2)OCO3)c1. The molecule has 5 heteroatoms. The predicted octanol–water partition coefficient (Wildman–Crippen LogP) is 2.75. The van der Waals surface area contributed by atoms with E-state index in [1.54, 1.807) is 13.2 Å². The molecule has 0 aromatic heterocycles. The average Bonchev–Trinajstić information content (AvgIpc) is 3.06.